The quantitative estimate of drug-likeness (QED) is 0.739. The van der Waals surface area contributed by atoms with Crippen LogP contribution < -0.4 is 0 Å². The number of nitriles is 1. The Morgan fingerprint density at radius 3 is 2.95 bits per heavy atom. The average Bonchev–Trinajstić information content (AvgIpc) is 2.94. The van der Waals surface area contributed by atoms with Gasteiger partial charge in [-0.05, 0) is 61.8 Å². The Labute approximate surface area is 125 Å². The molecule has 1 aromatic heterocycles. The minimum absolute atomic E-state index is 0.0733. The van der Waals surface area contributed by atoms with Crippen LogP contribution in [0.15, 0.2) is 30.7 Å². The lowest BCUT2D eigenvalue weighted by atomic mass is 9.73. The Hall–Kier alpha value is -2.08. The Morgan fingerprint density at radius 1 is 1.14 bits per heavy atom. The molecule has 2 aromatic rings. The highest BCUT2D eigenvalue weighted by molar-refractivity contribution is 5.44. The third kappa shape index (κ3) is 1.82. The van der Waals surface area contributed by atoms with Crippen molar-refractivity contribution >= 4 is 0 Å². The molecule has 0 radical (unpaired) electrons. The van der Waals surface area contributed by atoms with Gasteiger partial charge in [0.25, 0.3) is 0 Å². The molecular weight excluding hydrogens is 258 g/mol. The maximum absolute atomic E-state index is 9.15. The van der Waals surface area contributed by atoms with Crippen LogP contribution in [0.3, 0.4) is 0 Å². The molecule has 1 aliphatic heterocycles. The van der Waals surface area contributed by atoms with Gasteiger partial charge in [0, 0.05) is 11.9 Å². The molecule has 0 amide bonds. The fourth-order valence-electron chi connectivity index (χ4n) is 4.28. The van der Waals surface area contributed by atoms with Crippen molar-refractivity contribution in [1.29, 1.82) is 5.26 Å². The molecule has 0 N–H and O–H groups in total. The minimum atomic E-state index is 0.0733. The zero-order valence-corrected chi connectivity index (χ0v) is 12.2. The lowest BCUT2D eigenvalue weighted by molar-refractivity contribution is 0.277. The molecule has 3 nitrogen and oxygen atoms in total. The predicted molar refractivity (Wildman–Crippen MR) is 81.0 cm³/mol. The SMILES string of the molecule is N#Cc1ccc2c(c1)CCCC21CCCCc2cncn21. The van der Waals surface area contributed by atoms with Gasteiger partial charge in [-0.1, -0.05) is 12.5 Å². The number of hydrogen-bond donors (Lipinski definition) is 0. The number of aryl methyl sites for hydroxylation is 2. The Kier molecular flexibility index (Phi) is 2.85. The first-order chi connectivity index (χ1) is 10.3. The first kappa shape index (κ1) is 12.6. The van der Waals surface area contributed by atoms with Crippen LogP contribution in [0, 0.1) is 11.3 Å². The molecule has 4 rings (SSSR count). The van der Waals surface area contributed by atoms with Crippen LogP contribution in [0.4, 0.5) is 0 Å². The van der Waals surface area contributed by atoms with Crippen molar-refractivity contribution in [1.82, 2.24) is 9.55 Å². The monoisotopic (exact) mass is 277 g/mol. The molecule has 0 saturated carbocycles. The van der Waals surface area contributed by atoms with Crippen LogP contribution in [0.1, 0.15) is 54.5 Å². The van der Waals surface area contributed by atoms with E-state index in [0.29, 0.717) is 0 Å². The number of imidazole rings is 1. The predicted octanol–water partition coefficient (Wildman–Crippen LogP) is 3.56. The maximum atomic E-state index is 9.15. The lowest BCUT2D eigenvalue weighted by Crippen LogP contribution is -2.38. The van der Waals surface area contributed by atoms with Crippen LogP contribution in [-0.2, 0) is 18.4 Å². The first-order valence-electron chi connectivity index (χ1n) is 7.89. The molecule has 1 atom stereocenters. The molecule has 0 saturated heterocycles. The van der Waals surface area contributed by atoms with Crippen LogP contribution in [0.5, 0.6) is 0 Å². The number of benzene rings is 1. The Morgan fingerprint density at radius 2 is 2.05 bits per heavy atom. The second kappa shape index (κ2) is 4.73. The van der Waals surface area contributed by atoms with E-state index in [1.54, 1.807) is 0 Å². The summed E-state index contributed by atoms with van der Waals surface area (Å²) in [6.07, 6.45) is 12.4. The number of aromatic nitrogens is 2. The van der Waals surface area contributed by atoms with Gasteiger partial charge in [0.05, 0.1) is 23.5 Å². The normalized spacial score (nSPS) is 24.0. The highest BCUT2D eigenvalue weighted by atomic mass is 15.1. The van der Waals surface area contributed by atoms with Gasteiger partial charge < -0.3 is 4.57 Å². The van der Waals surface area contributed by atoms with Crippen molar-refractivity contribution in [3.63, 3.8) is 0 Å². The lowest BCUT2D eigenvalue weighted by Gasteiger charge is -2.41. The van der Waals surface area contributed by atoms with E-state index in [4.69, 9.17) is 5.26 Å². The van der Waals surface area contributed by atoms with E-state index in [-0.39, 0.29) is 5.54 Å². The second-order valence-electron chi connectivity index (χ2n) is 6.33. The van der Waals surface area contributed by atoms with E-state index in [1.165, 1.54) is 48.9 Å². The van der Waals surface area contributed by atoms with Crippen molar-refractivity contribution in [2.75, 3.05) is 0 Å². The van der Waals surface area contributed by atoms with E-state index >= 15 is 0 Å². The van der Waals surface area contributed by atoms with E-state index in [0.717, 1.165) is 18.4 Å². The van der Waals surface area contributed by atoms with Gasteiger partial charge in [-0.3, -0.25) is 0 Å². The topological polar surface area (TPSA) is 41.6 Å². The number of hydrogen-bond acceptors (Lipinski definition) is 2. The van der Waals surface area contributed by atoms with Crippen molar-refractivity contribution in [2.24, 2.45) is 0 Å². The van der Waals surface area contributed by atoms with E-state index in [1.807, 2.05) is 18.6 Å². The third-order valence-corrected chi connectivity index (χ3v) is 5.22. The van der Waals surface area contributed by atoms with Crippen LogP contribution >= 0.6 is 0 Å². The Balaban J connectivity index is 1.93. The molecule has 106 valence electrons. The third-order valence-electron chi connectivity index (χ3n) is 5.22. The van der Waals surface area contributed by atoms with Crippen molar-refractivity contribution in [2.45, 2.75) is 50.5 Å². The fourth-order valence-corrected chi connectivity index (χ4v) is 4.28. The molecule has 21 heavy (non-hydrogen) atoms. The summed E-state index contributed by atoms with van der Waals surface area (Å²) >= 11 is 0. The summed E-state index contributed by atoms with van der Waals surface area (Å²) in [7, 11) is 0. The molecule has 1 aromatic carbocycles. The molecule has 1 unspecified atom stereocenters. The molecule has 2 heterocycles. The van der Waals surface area contributed by atoms with Crippen LogP contribution in [0.2, 0.25) is 0 Å². The standard InChI is InChI=1S/C18H19N3/c19-11-14-6-7-17-15(10-14)4-3-9-18(17)8-2-1-5-16-12-20-13-21(16)18/h6-7,10,12-13H,1-5,8-9H2. The van der Waals surface area contributed by atoms with E-state index in [9.17, 15) is 0 Å². The maximum Gasteiger partial charge on any atom is 0.0991 e. The summed E-state index contributed by atoms with van der Waals surface area (Å²) in [6, 6.07) is 8.55. The molecule has 1 aliphatic carbocycles. The molecule has 0 fully saturated rings. The van der Waals surface area contributed by atoms with Gasteiger partial charge in [0.2, 0.25) is 0 Å². The number of nitrogens with zero attached hydrogens (tertiary/aromatic N) is 3. The van der Waals surface area contributed by atoms with Crippen LogP contribution in [0.25, 0.3) is 0 Å². The molecule has 1 spiro atoms. The van der Waals surface area contributed by atoms with Crippen molar-refractivity contribution in [3.8, 4) is 6.07 Å². The Bertz CT molecular complexity index is 722. The number of fused-ring (bicyclic) bond motifs is 4. The molecule has 2 aliphatic rings. The second-order valence-corrected chi connectivity index (χ2v) is 6.33. The van der Waals surface area contributed by atoms with Gasteiger partial charge in [0.1, 0.15) is 0 Å². The molecule has 0 bridgehead atoms. The largest absolute Gasteiger partial charge is 0.324 e. The van der Waals surface area contributed by atoms with Gasteiger partial charge >= 0.3 is 0 Å². The smallest absolute Gasteiger partial charge is 0.0991 e. The van der Waals surface area contributed by atoms with Gasteiger partial charge in [0.15, 0.2) is 0 Å². The van der Waals surface area contributed by atoms with Crippen molar-refractivity contribution < 1.29 is 0 Å². The summed E-state index contributed by atoms with van der Waals surface area (Å²) in [6.45, 7) is 0. The molecule has 3 heteroatoms. The van der Waals surface area contributed by atoms with Gasteiger partial charge in [-0.25, -0.2) is 4.98 Å². The first-order valence-corrected chi connectivity index (χ1v) is 7.89. The fraction of sp³-hybridized carbons (Fsp3) is 0.444. The summed E-state index contributed by atoms with van der Waals surface area (Å²) in [5.74, 6) is 0. The van der Waals surface area contributed by atoms with Gasteiger partial charge in [-0.2, -0.15) is 5.26 Å². The summed E-state index contributed by atoms with van der Waals surface area (Å²) in [5, 5.41) is 9.15. The molecular formula is C18H19N3. The summed E-state index contributed by atoms with van der Waals surface area (Å²) in [4.78, 5) is 4.41. The van der Waals surface area contributed by atoms with E-state index < -0.39 is 0 Å². The zero-order chi connectivity index (χ0) is 14.3. The number of rotatable bonds is 0. The highest BCUT2D eigenvalue weighted by Gasteiger charge is 2.39. The summed E-state index contributed by atoms with van der Waals surface area (Å²) in [5.41, 5.74) is 5.01. The zero-order valence-electron chi connectivity index (χ0n) is 12.2. The average molecular weight is 277 g/mol. The van der Waals surface area contributed by atoms with E-state index in [2.05, 4.69) is 27.8 Å². The highest BCUT2D eigenvalue weighted by Crippen LogP contribution is 2.44. The summed E-state index contributed by atoms with van der Waals surface area (Å²) < 4.78 is 2.43. The van der Waals surface area contributed by atoms with Crippen molar-refractivity contribution in [3.05, 3.63) is 53.1 Å². The van der Waals surface area contributed by atoms with Gasteiger partial charge in [-0.15, -0.1) is 0 Å². The minimum Gasteiger partial charge on any atom is -0.324 e. The van der Waals surface area contributed by atoms with Crippen LogP contribution in [-0.4, -0.2) is 9.55 Å².